The van der Waals surface area contributed by atoms with E-state index in [9.17, 15) is 9.59 Å². The van der Waals surface area contributed by atoms with E-state index in [0.717, 1.165) is 83.5 Å². The predicted molar refractivity (Wildman–Crippen MR) is 208 cm³/mol. The lowest BCUT2D eigenvalue weighted by Gasteiger charge is -2.14. The summed E-state index contributed by atoms with van der Waals surface area (Å²) in [6.07, 6.45) is 55.0. The maximum atomic E-state index is 12.6. The van der Waals surface area contributed by atoms with Crippen LogP contribution in [0.5, 0.6) is 0 Å². The van der Waals surface area contributed by atoms with E-state index in [1.54, 1.807) is 0 Å². The van der Waals surface area contributed by atoms with Crippen molar-refractivity contribution in [2.24, 2.45) is 0 Å². The molecule has 0 aromatic heterocycles. The number of carbonyl (C=O) groups excluding carboxylic acids is 1. The van der Waals surface area contributed by atoms with Crippen LogP contribution in [0.15, 0.2) is 72.9 Å². The number of carboxylic acid groups (broad SMARTS) is 1. The summed E-state index contributed by atoms with van der Waals surface area (Å²) < 4.78 is 5.89. The van der Waals surface area contributed by atoms with Gasteiger partial charge in [0.05, 0.1) is 0 Å². The first-order chi connectivity index (χ1) is 23.6. The normalized spacial score (nSPS) is 13.0. The Labute approximate surface area is 297 Å². The number of hydrogen-bond donors (Lipinski definition) is 1. The molecule has 1 unspecified atom stereocenters. The first-order valence-corrected chi connectivity index (χ1v) is 19.9. The van der Waals surface area contributed by atoms with Gasteiger partial charge in [-0.3, -0.25) is 9.59 Å². The predicted octanol–water partition coefficient (Wildman–Crippen LogP) is 13.9. The number of ether oxygens (including phenoxy) is 1. The van der Waals surface area contributed by atoms with Gasteiger partial charge in [-0.2, -0.15) is 0 Å². The maximum absolute atomic E-state index is 12.6. The molecular formula is C44H74O4. The molecule has 1 N–H and O–H groups in total. The summed E-state index contributed by atoms with van der Waals surface area (Å²) in [6.45, 7) is 4.40. The van der Waals surface area contributed by atoms with Crippen LogP contribution in [0.2, 0.25) is 0 Å². The van der Waals surface area contributed by atoms with Crippen molar-refractivity contribution in [3.05, 3.63) is 72.9 Å². The van der Waals surface area contributed by atoms with Crippen molar-refractivity contribution in [1.29, 1.82) is 0 Å². The molecule has 0 saturated carbocycles. The zero-order valence-corrected chi connectivity index (χ0v) is 31.3. The third-order valence-corrected chi connectivity index (χ3v) is 8.40. The fraction of sp³-hybridized carbons (Fsp3) is 0.682. The van der Waals surface area contributed by atoms with Crippen molar-refractivity contribution < 1.29 is 19.4 Å². The van der Waals surface area contributed by atoms with E-state index >= 15 is 0 Å². The van der Waals surface area contributed by atoms with Gasteiger partial charge in [-0.1, -0.05) is 158 Å². The van der Waals surface area contributed by atoms with Crippen molar-refractivity contribution >= 4 is 11.9 Å². The molecule has 4 nitrogen and oxygen atoms in total. The number of unbranched alkanes of at least 4 members (excludes halogenated alkanes) is 16. The van der Waals surface area contributed by atoms with E-state index < -0.39 is 5.97 Å². The summed E-state index contributed by atoms with van der Waals surface area (Å²) in [5, 5.41) is 8.81. The summed E-state index contributed by atoms with van der Waals surface area (Å²) in [5.41, 5.74) is 0. The molecule has 0 radical (unpaired) electrons. The van der Waals surface area contributed by atoms with Gasteiger partial charge in [0.1, 0.15) is 6.10 Å². The Kier molecular flexibility index (Phi) is 36.7. The molecule has 274 valence electrons. The highest BCUT2D eigenvalue weighted by Gasteiger charge is 2.11. The zero-order chi connectivity index (χ0) is 35.0. The van der Waals surface area contributed by atoms with Crippen LogP contribution < -0.4 is 0 Å². The van der Waals surface area contributed by atoms with Gasteiger partial charge in [0.25, 0.3) is 0 Å². The molecule has 0 rings (SSSR count). The average Bonchev–Trinajstić information content (AvgIpc) is 3.07. The van der Waals surface area contributed by atoms with Crippen molar-refractivity contribution in [3.8, 4) is 0 Å². The molecule has 0 saturated heterocycles. The fourth-order valence-electron chi connectivity index (χ4n) is 5.48. The molecule has 0 aromatic rings. The lowest BCUT2D eigenvalue weighted by atomic mass is 10.1. The number of hydrogen-bond acceptors (Lipinski definition) is 3. The van der Waals surface area contributed by atoms with E-state index in [4.69, 9.17) is 9.84 Å². The van der Waals surface area contributed by atoms with Gasteiger partial charge in [0.2, 0.25) is 0 Å². The lowest BCUT2D eigenvalue weighted by Crippen LogP contribution is -2.16. The molecule has 0 aliphatic carbocycles. The van der Waals surface area contributed by atoms with Crippen molar-refractivity contribution in [2.75, 3.05) is 0 Å². The van der Waals surface area contributed by atoms with Gasteiger partial charge in [0, 0.05) is 12.8 Å². The number of rotatable bonds is 35. The molecule has 0 bridgehead atoms. The Morgan fingerprint density at radius 1 is 0.500 bits per heavy atom. The zero-order valence-electron chi connectivity index (χ0n) is 31.3. The quantitative estimate of drug-likeness (QED) is 0.0415. The monoisotopic (exact) mass is 667 g/mol. The minimum absolute atomic E-state index is 0.0824. The van der Waals surface area contributed by atoms with Gasteiger partial charge in [-0.15, -0.1) is 0 Å². The summed E-state index contributed by atoms with van der Waals surface area (Å²) in [7, 11) is 0. The number of esters is 1. The maximum Gasteiger partial charge on any atom is 0.306 e. The van der Waals surface area contributed by atoms with E-state index in [-0.39, 0.29) is 18.5 Å². The number of allylic oxidation sites excluding steroid dienone is 11. The summed E-state index contributed by atoms with van der Waals surface area (Å²) in [5.74, 6) is -0.802. The van der Waals surface area contributed by atoms with Crippen LogP contribution in [0, 0.1) is 0 Å². The first-order valence-electron chi connectivity index (χ1n) is 19.9. The standard InChI is InChI=1S/C44H74O4/c1-3-5-7-9-11-13-15-16-17-18-19-20-21-22-24-26-28-33-37-41-44(47)48-42(39-35-31-29-32-36-40-43(45)46)38-34-30-27-25-23-14-12-10-8-6-4-2/h6,8,11-14,16-17,25,27,34,38,42H,3-5,7,9-10,15,18-24,26,28-33,35-37,39-41H2,1-2H3,(H,45,46)/b8-6-,13-11-,14-12-,17-16-,27-25-,38-34-. The highest BCUT2D eigenvalue weighted by molar-refractivity contribution is 5.69. The molecule has 48 heavy (non-hydrogen) atoms. The molecule has 0 heterocycles. The van der Waals surface area contributed by atoms with Crippen LogP contribution in [0.4, 0.5) is 0 Å². The van der Waals surface area contributed by atoms with Crippen LogP contribution >= 0.6 is 0 Å². The van der Waals surface area contributed by atoms with Gasteiger partial charge in [-0.05, 0) is 89.5 Å². The second-order valence-electron chi connectivity index (χ2n) is 13.1. The van der Waals surface area contributed by atoms with E-state index in [1.807, 2.05) is 0 Å². The smallest absolute Gasteiger partial charge is 0.306 e. The van der Waals surface area contributed by atoms with Crippen LogP contribution in [0.25, 0.3) is 0 Å². The Morgan fingerprint density at radius 2 is 0.938 bits per heavy atom. The van der Waals surface area contributed by atoms with Crippen LogP contribution in [-0.4, -0.2) is 23.1 Å². The molecule has 4 heteroatoms. The second-order valence-corrected chi connectivity index (χ2v) is 13.1. The van der Waals surface area contributed by atoms with Gasteiger partial charge in [0.15, 0.2) is 0 Å². The van der Waals surface area contributed by atoms with Crippen molar-refractivity contribution in [3.63, 3.8) is 0 Å². The third kappa shape index (κ3) is 37.8. The molecule has 1 atom stereocenters. The minimum atomic E-state index is -0.720. The SMILES string of the molecule is CC/C=C\C/C=C\C/C=C\C/C=C\C(CCCCCCCC(=O)O)OC(=O)CCCCCCCCCCC/C=C\C/C=C\CCCCC. The van der Waals surface area contributed by atoms with Crippen LogP contribution in [0.3, 0.4) is 0 Å². The lowest BCUT2D eigenvalue weighted by molar-refractivity contribution is -0.147. The summed E-state index contributed by atoms with van der Waals surface area (Å²) in [6, 6.07) is 0. The molecule has 0 amide bonds. The molecular weight excluding hydrogens is 592 g/mol. The number of carbonyl (C=O) groups is 2. The Bertz CT molecular complexity index is 892. The van der Waals surface area contributed by atoms with E-state index in [0.29, 0.717) is 6.42 Å². The number of aliphatic carboxylic acids is 1. The van der Waals surface area contributed by atoms with Gasteiger partial charge < -0.3 is 9.84 Å². The second kappa shape index (κ2) is 38.8. The van der Waals surface area contributed by atoms with Gasteiger partial charge in [-0.25, -0.2) is 0 Å². The Morgan fingerprint density at radius 3 is 1.48 bits per heavy atom. The molecule has 0 aromatic carbocycles. The summed E-state index contributed by atoms with van der Waals surface area (Å²) >= 11 is 0. The molecule has 0 fully saturated rings. The number of carboxylic acids is 1. The fourth-order valence-corrected chi connectivity index (χ4v) is 5.48. The topological polar surface area (TPSA) is 63.6 Å². The van der Waals surface area contributed by atoms with E-state index in [1.165, 1.54) is 77.0 Å². The van der Waals surface area contributed by atoms with Crippen LogP contribution in [-0.2, 0) is 14.3 Å². The minimum Gasteiger partial charge on any atom is -0.481 e. The van der Waals surface area contributed by atoms with Crippen molar-refractivity contribution in [1.82, 2.24) is 0 Å². The summed E-state index contributed by atoms with van der Waals surface area (Å²) in [4.78, 5) is 23.3. The highest BCUT2D eigenvalue weighted by Crippen LogP contribution is 2.15. The van der Waals surface area contributed by atoms with Crippen molar-refractivity contribution in [2.45, 2.75) is 193 Å². The Balaban J connectivity index is 4.11. The van der Waals surface area contributed by atoms with E-state index in [2.05, 4.69) is 86.8 Å². The largest absolute Gasteiger partial charge is 0.481 e. The van der Waals surface area contributed by atoms with Crippen LogP contribution in [0.1, 0.15) is 187 Å². The third-order valence-electron chi connectivity index (χ3n) is 8.40. The Hall–Kier alpha value is -2.62. The molecule has 0 spiro atoms. The molecule has 0 aliphatic heterocycles. The first kappa shape index (κ1) is 45.4. The molecule has 0 aliphatic rings. The average molecular weight is 667 g/mol. The highest BCUT2D eigenvalue weighted by atomic mass is 16.5. The van der Waals surface area contributed by atoms with Gasteiger partial charge >= 0.3 is 11.9 Å².